The average molecular weight is 124 g/mol. The molecule has 0 aromatic heterocycles. The van der Waals surface area contributed by atoms with Gasteiger partial charge in [-0.3, -0.25) is 0 Å². The molecular weight excluding hydrogens is 111 g/mol. The number of nitrogens with two attached hydrogens (primary N) is 1. The molecule has 2 nitrogen and oxygen atoms in total. The molecule has 1 fully saturated rings. The van der Waals surface area contributed by atoms with Crippen LogP contribution in [0.2, 0.25) is 0 Å². The van der Waals surface area contributed by atoms with Crippen LogP contribution in [0.3, 0.4) is 0 Å². The third-order valence-corrected chi connectivity index (χ3v) is 1.94. The lowest BCUT2D eigenvalue weighted by Crippen LogP contribution is -2.47. The first-order valence-corrected chi connectivity index (χ1v) is 3.39. The van der Waals surface area contributed by atoms with Crippen molar-refractivity contribution in [3.8, 4) is 0 Å². The van der Waals surface area contributed by atoms with Crippen molar-refractivity contribution in [1.29, 1.82) is 0 Å². The van der Waals surface area contributed by atoms with E-state index in [1.165, 1.54) is 0 Å². The largest absolute Gasteiger partial charge is 0.353 e. The van der Waals surface area contributed by atoms with E-state index in [0.29, 0.717) is 0 Å². The van der Waals surface area contributed by atoms with Crippen LogP contribution in [-0.4, -0.2) is 31.4 Å². The Morgan fingerprint density at radius 2 is 1.89 bits per heavy atom. The van der Waals surface area contributed by atoms with Gasteiger partial charge >= 0.3 is 0 Å². The molecule has 0 amide bonds. The van der Waals surface area contributed by atoms with Crippen LogP contribution in [0, 0.1) is 0 Å². The quantitative estimate of drug-likeness (QED) is 0.456. The van der Waals surface area contributed by atoms with Gasteiger partial charge in [0.15, 0.2) is 7.98 Å². The molecule has 0 aliphatic carbocycles. The fraction of sp³-hybridized carbons (Fsp3) is 1.00. The molecule has 2 radical (unpaired) electrons. The number of rotatable bonds is 0. The second-order valence-electron chi connectivity index (χ2n) is 3.19. The monoisotopic (exact) mass is 124 g/mol. The molecule has 1 heterocycles. The van der Waals surface area contributed by atoms with E-state index in [4.69, 9.17) is 13.7 Å². The van der Waals surface area contributed by atoms with E-state index in [9.17, 15) is 0 Å². The van der Waals surface area contributed by atoms with E-state index in [1.54, 1.807) is 0 Å². The molecule has 3 heteroatoms. The van der Waals surface area contributed by atoms with Crippen LogP contribution in [0.4, 0.5) is 0 Å². The smallest absolute Gasteiger partial charge is 0.182 e. The highest BCUT2D eigenvalue weighted by Gasteiger charge is 2.23. The maximum absolute atomic E-state index is 5.86. The zero-order chi connectivity index (χ0) is 6.91. The summed E-state index contributed by atoms with van der Waals surface area (Å²) < 4.78 is 0. The van der Waals surface area contributed by atoms with Crippen molar-refractivity contribution in [1.82, 2.24) is 4.81 Å². The van der Waals surface area contributed by atoms with Crippen LogP contribution >= 0.6 is 0 Å². The standard InChI is InChI=1S/C6H13BN2/c1-6(8)2-4-9(7)5-3-6/h2-5,8H2,1H3. The van der Waals surface area contributed by atoms with E-state index in [-0.39, 0.29) is 5.54 Å². The molecule has 50 valence electrons. The van der Waals surface area contributed by atoms with Gasteiger partial charge in [-0.15, -0.1) is 0 Å². The summed E-state index contributed by atoms with van der Waals surface area (Å²) in [5.74, 6) is 0. The summed E-state index contributed by atoms with van der Waals surface area (Å²) in [6, 6.07) is 0. The van der Waals surface area contributed by atoms with Crippen molar-refractivity contribution >= 4 is 7.98 Å². The van der Waals surface area contributed by atoms with Gasteiger partial charge in [0.25, 0.3) is 0 Å². The Balaban J connectivity index is 2.35. The fourth-order valence-electron chi connectivity index (χ4n) is 1.03. The first kappa shape index (κ1) is 7.10. The van der Waals surface area contributed by atoms with E-state index < -0.39 is 0 Å². The molecule has 0 atom stereocenters. The molecule has 1 aliphatic rings. The minimum Gasteiger partial charge on any atom is -0.353 e. The van der Waals surface area contributed by atoms with Crippen LogP contribution in [0.25, 0.3) is 0 Å². The second-order valence-corrected chi connectivity index (χ2v) is 3.19. The van der Waals surface area contributed by atoms with E-state index in [1.807, 2.05) is 4.81 Å². The van der Waals surface area contributed by atoms with Crippen molar-refractivity contribution in [3.63, 3.8) is 0 Å². The topological polar surface area (TPSA) is 29.3 Å². The Labute approximate surface area is 57.8 Å². The van der Waals surface area contributed by atoms with Crippen LogP contribution in [0.5, 0.6) is 0 Å². The van der Waals surface area contributed by atoms with Gasteiger partial charge in [-0.2, -0.15) is 0 Å². The summed E-state index contributed by atoms with van der Waals surface area (Å²) in [4.78, 5) is 1.83. The molecule has 2 N–H and O–H groups in total. The maximum atomic E-state index is 5.86. The maximum Gasteiger partial charge on any atom is 0.182 e. The van der Waals surface area contributed by atoms with Gasteiger partial charge in [0, 0.05) is 5.54 Å². The summed E-state index contributed by atoms with van der Waals surface area (Å²) in [6.07, 6.45) is 2.03. The van der Waals surface area contributed by atoms with Crippen LogP contribution in [-0.2, 0) is 0 Å². The number of hydrogen-bond acceptors (Lipinski definition) is 2. The third-order valence-electron chi connectivity index (χ3n) is 1.94. The first-order chi connectivity index (χ1) is 4.10. The molecule has 0 unspecified atom stereocenters. The fourth-order valence-corrected chi connectivity index (χ4v) is 1.03. The Kier molecular flexibility index (Phi) is 1.82. The molecule has 1 rings (SSSR count). The molecule has 1 aliphatic heterocycles. The summed E-state index contributed by atoms with van der Waals surface area (Å²) in [6.45, 7) is 3.96. The number of piperidine rings is 1. The summed E-state index contributed by atoms with van der Waals surface area (Å²) in [5.41, 5.74) is 5.90. The molecular formula is C6H13BN2. The minimum atomic E-state index is 0.0376. The average Bonchev–Trinajstić information content (AvgIpc) is 1.78. The van der Waals surface area contributed by atoms with Gasteiger partial charge in [0.2, 0.25) is 0 Å². The Morgan fingerprint density at radius 1 is 1.44 bits per heavy atom. The highest BCUT2D eigenvalue weighted by molar-refractivity contribution is 6.04. The lowest BCUT2D eigenvalue weighted by molar-refractivity contribution is 0.259. The molecule has 0 aromatic carbocycles. The molecule has 0 saturated carbocycles. The molecule has 1 saturated heterocycles. The van der Waals surface area contributed by atoms with Gasteiger partial charge < -0.3 is 10.5 Å². The van der Waals surface area contributed by atoms with Gasteiger partial charge in [-0.05, 0) is 32.9 Å². The van der Waals surface area contributed by atoms with Crippen LogP contribution in [0.1, 0.15) is 19.8 Å². The minimum absolute atomic E-state index is 0.0376. The van der Waals surface area contributed by atoms with Crippen molar-refractivity contribution in [2.75, 3.05) is 13.1 Å². The third kappa shape index (κ3) is 1.99. The van der Waals surface area contributed by atoms with Crippen molar-refractivity contribution in [2.45, 2.75) is 25.3 Å². The Morgan fingerprint density at radius 3 is 2.22 bits per heavy atom. The SMILES string of the molecule is [B]N1CCC(C)(N)CC1. The number of hydrogen-bond donors (Lipinski definition) is 1. The summed E-state index contributed by atoms with van der Waals surface area (Å²) in [7, 11) is 5.53. The summed E-state index contributed by atoms with van der Waals surface area (Å²) >= 11 is 0. The van der Waals surface area contributed by atoms with E-state index >= 15 is 0 Å². The van der Waals surface area contributed by atoms with Gasteiger partial charge in [-0.1, -0.05) is 0 Å². The Hall–Kier alpha value is -0.0151. The highest BCUT2D eigenvalue weighted by atomic mass is 15.0. The lowest BCUT2D eigenvalue weighted by Gasteiger charge is -2.34. The number of nitrogens with zero attached hydrogens (tertiary/aromatic N) is 1. The molecule has 0 aromatic rings. The highest BCUT2D eigenvalue weighted by Crippen LogP contribution is 2.16. The predicted molar refractivity (Wildman–Crippen MR) is 39.2 cm³/mol. The molecule has 0 bridgehead atoms. The van der Waals surface area contributed by atoms with Gasteiger partial charge in [-0.25, -0.2) is 0 Å². The van der Waals surface area contributed by atoms with Crippen LogP contribution < -0.4 is 5.73 Å². The van der Waals surface area contributed by atoms with Gasteiger partial charge in [0.1, 0.15) is 0 Å². The van der Waals surface area contributed by atoms with Crippen molar-refractivity contribution in [2.24, 2.45) is 5.73 Å². The molecule has 0 spiro atoms. The van der Waals surface area contributed by atoms with Gasteiger partial charge in [0.05, 0.1) is 0 Å². The van der Waals surface area contributed by atoms with E-state index in [0.717, 1.165) is 25.9 Å². The summed E-state index contributed by atoms with van der Waals surface area (Å²) in [5, 5.41) is 0. The van der Waals surface area contributed by atoms with Crippen LogP contribution in [0.15, 0.2) is 0 Å². The normalized spacial score (nSPS) is 28.2. The van der Waals surface area contributed by atoms with E-state index in [2.05, 4.69) is 6.92 Å². The zero-order valence-corrected chi connectivity index (χ0v) is 5.93. The molecule has 9 heavy (non-hydrogen) atoms. The lowest BCUT2D eigenvalue weighted by atomic mass is 9.90. The Bertz CT molecular complexity index is 93.2. The predicted octanol–water partition coefficient (Wildman–Crippen LogP) is -0.117. The second kappa shape index (κ2) is 2.31. The van der Waals surface area contributed by atoms with Crippen molar-refractivity contribution < 1.29 is 0 Å². The van der Waals surface area contributed by atoms with Crippen molar-refractivity contribution in [3.05, 3.63) is 0 Å². The zero-order valence-electron chi connectivity index (χ0n) is 5.93. The first-order valence-electron chi connectivity index (χ1n) is 3.39.